The Morgan fingerprint density at radius 2 is 2.19 bits per heavy atom. The maximum atomic E-state index is 13.6. The van der Waals surface area contributed by atoms with E-state index in [1.807, 2.05) is 5.32 Å². The van der Waals surface area contributed by atoms with Gasteiger partial charge in [0.05, 0.1) is 5.25 Å². The van der Waals surface area contributed by atoms with Crippen molar-refractivity contribution >= 4 is 23.7 Å². The molecule has 1 atom stereocenters. The number of para-hydroxylation sites is 1. The van der Waals surface area contributed by atoms with Gasteiger partial charge >= 0.3 is 6.03 Å². The Balaban J connectivity index is 2.11. The zero-order valence-electron chi connectivity index (χ0n) is 14.0. The number of nitrogens with two attached hydrogens (primary N) is 1. The van der Waals surface area contributed by atoms with Gasteiger partial charge in [-0.05, 0) is 19.1 Å². The summed E-state index contributed by atoms with van der Waals surface area (Å²) in [6.07, 6.45) is 1.63. The van der Waals surface area contributed by atoms with E-state index < -0.39 is 23.0 Å². The van der Waals surface area contributed by atoms with E-state index in [2.05, 4.69) is 16.8 Å². The second-order valence-electron chi connectivity index (χ2n) is 5.13. The van der Waals surface area contributed by atoms with Crippen molar-refractivity contribution in [1.29, 1.82) is 0 Å². The van der Waals surface area contributed by atoms with Crippen molar-refractivity contribution < 1.29 is 18.7 Å². The number of hydrogen-bond donors (Lipinski definition) is 2. The van der Waals surface area contributed by atoms with Crippen molar-refractivity contribution in [1.82, 2.24) is 20.1 Å². The Morgan fingerprint density at radius 1 is 1.46 bits per heavy atom. The summed E-state index contributed by atoms with van der Waals surface area (Å²) in [5.74, 6) is -0.476. The number of urea groups is 1. The lowest BCUT2D eigenvalue weighted by molar-refractivity contribution is -0.119. The summed E-state index contributed by atoms with van der Waals surface area (Å²) in [5.41, 5.74) is 4.94. The number of amides is 3. The number of imide groups is 1. The number of carbonyl (C=O) groups excluding carboxylic acids is 2. The highest BCUT2D eigenvalue weighted by atomic mass is 32.2. The van der Waals surface area contributed by atoms with Crippen molar-refractivity contribution in [2.75, 3.05) is 0 Å². The number of halogens is 1. The van der Waals surface area contributed by atoms with E-state index in [-0.39, 0.29) is 12.4 Å². The molecule has 1 heterocycles. The van der Waals surface area contributed by atoms with Gasteiger partial charge in [0.25, 0.3) is 0 Å². The number of nitrogens with one attached hydrogen (secondary N) is 1. The zero-order chi connectivity index (χ0) is 19.1. The lowest BCUT2D eigenvalue weighted by Crippen LogP contribution is -2.39. The van der Waals surface area contributed by atoms with Crippen LogP contribution in [0.2, 0.25) is 0 Å². The van der Waals surface area contributed by atoms with Crippen molar-refractivity contribution in [2.45, 2.75) is 30.5 Å². The molecule has 0 unspecified atom stereocenters. The lowest BCUT2D eigenvalue weighted by Gasteiger charge is -2.12. The van der Waals surface area contributed by atoms with Crippen molar-refractivity contribution in [3.63, 3.8) is 0 Å². The first-order valence-electron chi connectivity index (χ1n) is 7.59. The molecule has 0 fully saturated rings. The summed E-state index contributed by atoms with van der Waals surface area (Å²) in [6, 6.07) is 5.11. The molecule has 8 nitrogen and oxygen atoms in total. The van der Waals surface area contributed by atoms with Gasteiger partial charge in [0, 0.05) is 6.54 Å². The number of rotatable bonds is 8. The van der Waals surface area contributed by atoms with Gasteiger partial charge in [0.2, 0.25) is 5.91 Å². The van der Waals surface area contributed by atoms with Crippen LogP contribution in [-0.2, 0) is 17.9 Å². The molecule has 2 aromatic rings. The Labute approximate surface area is 153 Å². The topological polar surface area (TPSA) is 112 Å². The summed E-state index contributed by atoms with van der Waals surface area (Å²) in [5, 5.41) is 9.87. The number of thioether (sulfide) groups is 1. The van der Waals surface area contributed by atoms with Gasteiger partial charge in [-0.1, -0.05) is 30.0 Å². The lowest BCUT2D eigenvalue weighted by atomic mass is 10.3. The first kappa shape index (κ1) is 19.4. The predicted octanol–water partition coefficient (Wildman–Crippen LogP) is 1.86. The Morgan fingerprint density at radius 3 is 2.85 bits per heavy atom. The molecule has 1 aromatic carbocycles. The summed E-state index contributed by atoms with van der Waals surface area (Å²) >= 11 is 1.10. The number of aromatic nitrogens is 3. The van der Waals surface area contributed by atoms with Crippen LogP contribution in [0.25, 0.3) is 0 Å². The Bertz CT molecular complexity index is 811. The maximum absolute atomic E-state index is 13.6. The van der Waals surface area contributed by atoms with E-state index in [0.717, 1.165) is 11.8 Å². The second-order valence-corrected chi connectivity index (χ2v) is 6.44. The highest BCUT2D eigenvalue weighted by molar-refractivity contribution is 8.00. The van der Waals surface area contributed by atoms with Crippen LogP contribution in [0, 0.1) is 5.82 Å². The van der Waals surface area contributed by atoms with E-state index in [9.17, 15) is 14.0 Å². The SMILES string of the molecule is C=CCn1c(COc2ccccc2F)nnc1S[C@@H](C)C(=O)NC(N)=O. The van der Waals surface area contributed by atoms with Crippen LogP contribution in [0.1, 0.15) is 12.7 Å². The van der Waals surface area contributed by atoms with Crippen LogP contribution in [0.15, 0.2) is 42.1 Å². The van der Waals surface area contributed by atoms with Gasteiger partial charge in [0.15, 0.2) is 22.5 Å². The summed E-state index contributed by atoms with van der Waals surface area (Å²) in [6.45, 7) is 5.64. The molecule has 0 saturated heterocycles. The number of primary amides is 1. The number of allylic oxidation sites excluding steroid dienone is 1. The third kappa shape index (κ3) is 5.06. The quantitative estimate of drug-likeness (QED) is 0.535. The molecular weight excluding hydrogens is 361 g/mol. The fourth-order valence-electron chi connectivity index (χ4n) is 1.96. The van der Waals surface area contributed by atoms with E-state index in [0.29, 0.717) is 17.5 Å². The first-order chi connectivity index (χ1) is 12.4. The fraction of sp³-hybridized carbons (Fsp3) is 0.250. The molecule has 0 aliphatic carbocycles. The van der Waals surface area contributed by atoms with Gasteiger partial charge in [0.1, 0.15) is 6.61 Å². The summed E-state index contributed by atoms with van der Waals surface area (Å²) in [4.78, 5) is 22.6. The minimum absolute atomic E-state index is 0.00973. The monoisotopic (exact) mass is 379 g/mol. The third-order valence-corrected chi connectivity index (χ3v) is 4.28. The largest absolute Gasteiger partial charge is 0.483 e. The standard InChI is InChI=1S/C16H18FN5O3S/c1-3-8-22-13(9-25-12-7-5-4-6-11(12)17)20-21-16(22)26-10(2)14(23)19-15(18)24/h3-7,10H,1,8-9H2,2H3,(H3,18,19,23,24)/t10-/m0/s1. The van der Waals surface area contributed by atoms with Crippen LogP contribution in [0.4, 0.5) is 9.18 Å². The highest BCUT2D eigenvalue weighted by Gasteiger charge is 2.21. The first-order valence-corrected chi connectivity index (χ1v) is 8.47. The highest BCUT2D eigenvalue weighted by Crippen LogP contribution is 2.23. The van der Waals surface area contributed by atoms with Crippen molar-refractivity contribution in [3.05, 3.63) is 48.6 Å². The molecule has 3 amide bonds. The molecular formula is C16H18FN5O3S. The Hall–Kier alpha value is -2.88. The number of hydrogen-bond acceptors (Lipinski definition) is 6. The van der Waals surface area contributed by atoms with Crippen LogP contribution in [0.3, 0.4) is 0 Å². The molecule has 1 aromatic heterocycles. The molecule has 0 radical (unpaired) electrons. The van der Waals surface area contributed by atoms with E-state index in [1.165, 1.54) is 12.1 Å². The van der Waals surface area contributed by atoms with Crippen LogP contribution in [0.5, 0.6) is 5.75 Å². The van der Waals surface area contributed by atoms with E-state index >= 15 is 0 Å². The van der Waals surface area contributed by atoms with Gasteiger partial charge in [-0.25, -0.2) is 9.18 Å². The normalized spacial score (nSPS) is 11.6. The maximum Gasteiger partial charge on any atom is 0.318 e. The summed E-state index contributed by atoms with van der Waals surface area (Å²) in [7, 11) is 0. The smallest absolute Gasteiger partial charge is 0.318 e. The zero-order valence-corrected chi connectivity index (χ0v) is 14.8. The van der Waals surface area contributed by atoms with Gasteiger partial charge in [-0.2, -0.15) is 0 Å². The predicted molar refractivity (Wildman–Crippen MR) is 94.0 cm³/mol. The summed E-state index contributed by atoms with van der Waals surface area (Å²) < 4.78 is 20.8. The molecule has 3 N–H and O–H groups in total. The number of ether oxygens (including phenoxy) is 1. The molecule has 0 aliphatic rings. The third-order valence-electron chi connectivity index (χ3n) is 3.20. The minimum Gasteiger partial charge on any atom is -0.483 e. The van der Waals surface area contributed by atoms with E-state index in [4.69, 9.17) is 10.5 Å². The number of benzene rings is 1. The average molecular weight is 379 g/mol. The number of carbonyl (C=O) groups is 2. The van der Waals surface area contributed by atoms with Crippen LogP contribution < -0.4 is 15.8 Å². The number of nitrogens with zero attached hydrogens (tertiary/aromatic N) is 3. The molecule has 138 valence electrons. The van der Waals surface area contributed by atoms with Crippen molar-refractivity contribution in [2.24, 2.45) is 5.73 Å². The van der Waals surface area contributed by atoms with Crippen molar-refractivity contribution in [3.8, 4) is 5.75 Å². The van der Waals surface area contributed by atoms with E-state index in [1.54, 1.807) is 29.7 Å². The molecule has 0 saturated carbocycles. The molecule has 10 heteroatoms. The fourth-order valence-corrected chi connectivity index (χ4v) is 2.84. The van der Waals surface area contributed by atoms with Gasteiger partial charge < -0.3 is 10.5 Å². The molecule has 2 rings (SSSR count). The molecule has 0 aliphatic heterocycles. The van der Waals surface area contributed by atoms with Gasteiger partial charge in [-0.3, -0.25) is 14.7 Å². The van der Waals surface area contributed by atoms with Gasteiger partial charge in [-0.15, -0.1) is 16.8 Å². The molecule has 26 heavy (non-hydrogen) atoms. The minimum atomic E-state index is -0.922. The molecule has 0 spiro atoms. The second kappa shape index (κ2) is 8.99. The van der Waals surface area contributed by atoms with Crippen LogP contribution in [-0.4, -0.2) is 32.0 Å². The molecule has 0 bridgehead atoms. The average Bonchev–Trinajstić information content (AvgIpc) is 2.96. The van der Waals surface area contributed by atoms with Crippen LogP contribution >= 0.6 is 11.8 Å². The Kier molecular flexibility index (Phi) is 6.73.